The number of sulfonamides is 1. The molecule has 0 spiro atoms. The van der Waals surface area contributed by atoms with Gasteiger partial charge >= 0.3 is 0 Å². The molecule has 1 saturated heterocycles. The molecule has 0 amide bonds. The number of rotatable bonds is 2. The number of halogens is 2. The van der Waals surface area contributed by atoms with E-state index in [-0.39, 0.29) is 21.3 Å². The van der Waals surface area contributed by atoms with E-state index in [1.165, 1.54) is 15.2 Å². The summed E-state index contributed by atoms with van der Waals surface area (Å²) >= 11 is 12.0. The zero-order valence-electron chi connectivity index (χ0n) is 10.2. The van der Waals surface area contributed by atoms with Gasteiger partial charge in [0.05, 0.1) is 11.2 Å². The van der Waals surface area contributed by atoms with Gasteiger partial charge in [-0.3, -0.25) is 4.68 Å². The Labute approximate surface area is 117 Å². The third-order valence-corrected chi connectivity index (χ3v) is 6.21. The van der Waals surface area contributed by atoms with Gasteiger partial charge in [-0.05, 0) is 12.3 Å². The van der Waals surface area contributed by atoms with Crippen molar-refractivity contribution in [2.75, 3.05) is 13.1 Å². The van der Waals surface area contributed by atoms with Crippen LogP contribution in [0.15, 0.2) is 11.2 Å². The lowest BCUT2D eigenvalue weighted by atomic mass is 10.0. The first-order valence-electron chi connectivity index (χ1n) is 5.65. The Morgan fingerprint density at radius 2 is 2.17 bits per heavy atom. The van der Waals surface area contributed by atoms with Crippen LogP contribution in [0.1, 0.15) is 13.3 Å². The molecule has 0 N–H and O–H groups in total. The molecule has 18 heavy (non-hydrogen) atoms. The van der Waals surface area contributed by atoms with E-state index < -0.39 is 10.0 Å². The molecule has 0 aliphatic carbocycles. The highest BCUT2D eigenvalue weighted by Crippen LogP contribution is 2.29. The van der Waals surface area contributed by atoms with Crippen LogP contribution in [0.25, 0.3) is 0 Å². The highest BCUT2D eigenvalue weighted by atomic mass is 35.5. The maximum Gasteiger partial charge on any atom is 0.261 e. The summed E-state index contributed by atoms with van der Waals surface area (Å²) in [4.78, 5) is 0. The van der Waals surface area contributed by atoms with Crippen LogP contribution in [-0.4, -0.2) is 41.0 Å². The van der Waals surface area contributed by atoms with Crippen molar-refractivity contribution >= 4 is 33.2 Å². The minimum atomic E-state index is -3.59. The van der Waals surface area contributed by atoms with Crippen molar-refractivity contribution in [1.82, 2.24) is 14.1 Å². The van der Waals surface area contributed by atoms with Gasteiger partial charge in [-0.2, -0.15) is 9.40 Å². The number of alkyl halides is 1. The number of aromatic nitrogens is 2. The smallest absolute Gasteiger partial charge is 0.255 e. The molecular formula is C10H15Cl2N3O2S. The largest absolute Gasteiger partial charge is 0.261 e. The molecule has 8 heteroatoms. The fraction of sp³-hybridized carbons (Fsp3) is 0.700. The second kappa shape index (κ2) is 5.00. The number of hydrogen-bond acceptors (Lipinski definition) is 3. The van der Waals surface area contributed by atoms with E-state index in [9.17, 15) is 8.42 Å². The van der Waals surface area contributed by atoms with Crippen molar-refractivity contribution in [1.29, 1.82) is 0 Å². The van der Waals surface area contributed by atoms with E-state index in [4.69, 9.17) is 23.2 Å². The fourth-order valence-corrected chi connectivity index (χ4v) is 4.45. The third-order valence-electron chi connectivity index (χ3n) is 3.19. The summed E-state index contributed by atoms with van der Waals surface area (Å²) < 4.78 is 27.7. The molecule has 1 aromatic heterocycles. The molecule has 102 valence electrons. The lowest BCUT2D eigenvalue weighted by Gasteiger charge is -2.33. The molecule has 0 aromatic carbocycles. The van der Waals surface area contributed by atoms with Gasteiger partial charge in [0.15, 0.2) is 5.03 Å². The summed E-state index contributed by atoms with van der Waals surface area (Å²) in [7, 11) is -2.03. The van der Waals surface area contributed by atoms with Crippen LogP contribution in [0, 0.1) is 5.92 Å². The first-order chi connectivity index (χ1) is 8.34. The molecule has 2 unspecified atom stereocenters. The molecule has 1 aromatic rings. The standard InChI is InChI=1S/C10H15Cl2N3O2S/c1-7-6-15(4-3-8(7)11)18(16,17)10-9(12)5-13-14(10)2/h5,7-8H,3-4,6H2,1-2H3. The van der Waals surface area contributed by atoms with Crippen LogP contribution in [0.4, 0.5) is 0 Å². The summed E-state index contributed by atoms with van der Waals surface area (Å²) in [5.74, 6) is 0.127. The number of piperidine rings is 1. The topological polar surface area (TPSA) is 55.2 Å². The van der Waals surface area contributed by atoms with Gasteiger partial charge in [0.2, 0.25) is 0 Å². The monoisotopic (exact) mass is 311 g/mol. The molecule has 0 saturated carbocycles. The van der Waals surface area contributed by atoms with Crippen molar-refractivity contribution < 1.29 is 8.42 Å². The van der Waals surface area contributed by atoms with Crippen molar-refractivity contribution in [3.05, 3.63) is 11.2 Å². The average Bonchev–Trinajstić information content (AvgIpc) is 2.62. The molecule has 1 aliphatic rings. The highest BCUT2D eigenvalue weighted by molar-refractivity contribution is 7.89. The van der Waals surface area contributed by atoms with Crippen LogP contribution < -0.4 is 0 Å². The Morgan fingerprint density at radius 3 is 2.67 bits per heavy atom. The summed E-state index contributed by atoms with van der Waals surface area (Å²) in [6, 6.07) is 0. The second-order valence-electron chi connectivity index (χ2n) is 4.57. The van der Waals surface area contributed by atoms with Gasteiger partial charge in [0.25, 0.3) is 10.0 Å². The predicted molar refractivity (Wildman–Crippen MR) is 70.4 cm³/mol. The Bertz CT molecular complexity index is 524. The van der Waals surface area contributed by atoms with Gasteiger partial charge in [-0.25, -0.2) is 8.42 Å². The van der Waals surface area contributed by atoms with Crippen LogP contribution in [0.5, 0.6) is 0 Å². The highest BCUT2D eigenvalue weighted by Gasteiger charge is 2.35. The van der Waals surface area contributed by atoms with Gasteiger partial charge in [0, 0.05) is 25.5 Å². The Morgan fingerprint density at radius 1 is 1.50 bits per heavy atom. The van der Waals surface area contributed by atoms with Crippen molar-refractivity contribution in [2.45, 2.75) is 23.7 Å². The van der Waals surface area contributed by atoms with Gasteiger partial charge in [-0.1, -0.05) is 18.5 Å². The quantitative estimate of drug-likeness (QED) is 0.781. The van der Waals surface area contributed by atoms with Gasteiger partial charge in [0.1, 0.15) is 0 Å². The zero-order chi connectivity index (χ0) is 13.5. The molecule has 0 radical (unpaired) electrons. The summed E-state index contributed by atoms with van der Waals surface area (Å²) in [6.45, 7) is 2.78. The van der Waals surface area contributed by atoms with Crippen LogP contribution in [0.2, 0.25) is 5.02 Å². The molecule has 1 aliphatic heterocycles. The zero-order valence-corrected chi connectivity index (χ0v) is 12.5. The van der Waals surface area contributed by atoms with E-state index in [2.05, 4.69) is 5.10 Å². The molecule has 2 rings (SSSR count). The van der Waals surface area contributed by atoms with E-state index in [1.54, 1.807) is 7.05 Å². The molecule has 1 fully saturated rings. The molecule has 2 heterocycles. The van der Waals surface area contributed by atoms with E-state index in [1.807, 2.05) is 6.92 Å². The van der Waals surface area contributed by atoms with Crippen LogP contribution in [0.3, 0.4) is 0 Å². The van der Waals surface area contributed by atoms with Crippen molar-refractivity contribution in [3.63, 3.8) is 0 Å². The SMILES string of the molecule is CC1CN(S(=O)(=O)c2c(Cl)cnn2C)CCC1Cl. The first-order valence-corrected chi connectivity index (χ1v) is 7.91. The minimum Gasteiger partial charge on any atom is -0.255 e. The van der Waals surface area contributed by atoms with E-state index in [0.29, 0.717) is 19.5 Å². The lowest BCUT2D eigenvalue weighted by molar-refractivity contribution is 0.284. The molecular weight excluding hydrogens is 297 g/mol. The average molecular weight is 312 g/mol. The number of aryl methyl sites for hydroxylation is 1. The Balaban J connectivity index is 2.33. The van der Waals surface area contributed by atoms with Gasteiger partial charge < -0.3 is 0 Å². The molecule has 0 bridgehead atoms. The van der Waals surface area contributed by atoms with E-state index in [0.717, 1.165) is 0 Å². The normalized spacial score (nSPS) is 26.4. The third kappa shape index (κ3) is 2.39. The number of hydrogen-bond donors (Lipinski definition) is 0. The molecule has 5 nitrogen and oxygen atoms in total. The fourth-order valence-electron chi connectivity index (χ4n) is 2.11. The van der Waals surface area contributed by atoms with Crippen molar-refractivity contribution in [2.24, 2.45) is 13.0 Å². The van der Waals surface area contributed by atoms with Crippen molar-refractivity contribution in [3.8, 4) is 0 Å². The minimum absolute atomic E-state index is 0.0264. The predicted octanol–water partition coefficient (Wildman–Crippen LogP) is 1.71. The summed E-state index contributed by atoms with van der Waals surface area (Å²) in [5.41, 5.74) is 0. The first kappa shape index (κ1) is 14.1. The summed E-state index contributed by atoms with van der Waals surface area (Å²) in [5, 5.41) is 4.09. The van der Waals surface area contributed by atoms with Crippen LogP contribution in [-0.2, 0) is 17.1 Å². The van der Waals surface area contributed by atoms with Gasteiger partial charge in [-0.15, -0.1) is 11.6 Å². The Hall–Kier alpha value is -0.300. The molecule has 2 atom stereocenters. The summed E-state index contributed by atoms with van der Waals surface area (Å²) in [6.07, 6.45) is 1.99. The van der Waals surface area contributed by atoms with E-state index >= 15 is 0 Å². The maximum atomic E-state index is 12.5. The Kier molecular flexibility index (Phi) is 3.92. The maximum absolute atomic E-state index is 12.5. The number of nitrogens with zero attached hydrogens (tertiary/aromatic N) is 3. The lowest BCUT2D eigenvalue weighted by Crippen LogP contribution is -2.43. The second-order valence-corrected chi connectivity index (χ2v) is 7.39. The van der Waals surface area contributed by atoms with Crippen LogP contribution >= 0.6 is 23.2 Å².